The van der Waals surface area contributed by atoms with Gasteiger partial charge in [-0.2, -0.15) is 0 Å². The highest BCUT2D eigenvalue weighted by molar-refractivity contribution is 7.90. The fourth-order valence-electron chi connectivity index (χ4n) is 1.69. The average Bonchev–Trinajstić information content (AvgIpc) is 3.05. The predicted octanol–water partition coefficient (Wildman–Crippen LogP) is 0.693. The molecule has 2 unspecified atom stereocenters. The zero-order valence-corrected chi connectivity index (χ0v) is 12.4. The number of ether oxygens (including phenoxy) is 1. The maximum atomic E-state index is 12.0. The maximum Gasteiger partial charge on any atom is 0.251 e. The highest BCUT2D eigenvalue weighted by atomic mass is 32.2. The molecule has 0 saturated heterocycles. The van der Waals surface area contributed by atoms with Crippen molar-refractivity contribution in [3.05, 3.63) is 0 Å². The molecule has 0 aromatic heterocycles. The molecule has 0 radical (unpaired) electrons. The number of nitrogens with zero attached hydrogens (tertiary/aromatic N) is 1. The van der Waals surface area contributed by atoms with Crippen LogP contribution >= 0.6 is 0 Å². The predicted molar refractivity (Wildman–Crippen MR) is 70.1 cm³/mol. The van der Waals surface area contributed by atoms with Crippen LogP contribution in [0.2, 0.25) is 0 Å². The van der Waals surface area contributed by atoms with E-state index in [-0.39, 0.29) is 17.7 Å². The minimum atomic E-state index is -3.08. The first-order valence-corrected chi connectivity index (χ1v) is 8.32. The average molecular weight is 277 g/mol. The van der Waals surface area contributed by atoms with Crippen LogP contribution in [0.5, 0.6) is 0 Å². The third-order valence-electron chi connectivity index (χ3n) is 3.18. The summed E-state index contributed by atoms with van der Waals surface area (Å²) in [5.41, 5.74) is 0. The molecule has 1 fully saturated rings. The lowest BCUT2D eigenvalue weighted by atomic mass is 10.3. The van der Waals surface area contributed by atoms with Crippen LogP contribution in [0.25, 0.3) is 0 Å². The number of carbonyl (C=O) groups excluding carboxylic acids is 1. The van der Waals surface area contributed by atoms with Crippen molar-refractivity contribution in [1.82, 2.24) is 4.90 Å². The SMILES string of the molecule is CC(OCC1CC1)C(=O)N(C)C(C)CS(C)(=O)=O. The molecule has 0 N–H and O–H groups in total. The molecule has 1 saturated carbocycles. The van der Waals surface area contributed by atoms with Gasteiger partial charge in [0.15, 0.2) is 0 Å². The first kappa shape index (κ1) is 15.4. The molecule has 0 spiro atoms. The Morgan fingerprint density at radius 3 is 2.39 bits per heavy atom. The number of likely N-dealkylation sites (N-methyl/N-ethyl adjacent to an activating group) is 1. The number of sulfone groups is 1. The second kappa shape index (κ2) is 6.02. The summed E-state index contributed by atoms with van der Waals surface area (Å²) >= 11 is 0. The second-order valence-corrected chi connectivity index (χ2v) is 7.49. The summed E-state index contributed by atoms with van der Waals surface area (Å²) in [5.74, 6) is 0.427. The largest absolute Gasteiger partial charge is 0.368 e. The number of hydrogen-bond acceptors (Lipinski definition) is 4. The van der Waals surface area contributed by atoms with Crippen molar-refractivity contribution >= 4 is 15.7 Å². The molecule has 1 aliphatic rings. The van der Waals surface area contributed by atoms with Gasteiger partial charge in [0, 0.05) is 19.3 Å². The van der Waals surface area contributed by atoms with Gasteiger partial charge < -0.3 is 9.64 Å². The van der Waals surface area contributed by atoms with Gasteiger partial charge in [-0.3, -0.25) is 4.79 Å². The highest BCUT2D eigenvalue weighted by Gasteiger charge is 2.27. The molecule has 106 valence electrons. The molecular weight excluding hydrogens is 254 g/mol. The molecule has 1 aliphatic carbocycles. The molecule has 5 nitrogen and oxygen atoms in total. The van der Waals surface area contributed by atoms with E-state index in [9.17, 15) is 13.2 Å². The van der Waals surface area contributed by atoms with Crippen LogP contribution < -0.4 is 0 Å². The normalized spacial score (nSPS) is 19.3. The first-order chi connectivity index (χ1) is 8.20. The van der Waals surface area contributed by atoms with Crippen molar-refractivity contribution in [2.24, 2.45) is 5.92 Å². The van der Waals surface area contributed by atoms with Gasteiger partial charge in [-0.1, -0.05) is 0 Å². The maximum absolute atomic E-state index is 12.0. The fraction of sp³-hybridized carbons (Fsp3) is 0.917. The molecule has 1 amide bonds. The van der Waals surface area contributed by atoms with E-state index in [2.05, 4.69) is 0 Å². The summed E-state index contributed by atoms with van der Waals surface area (Å²) in [6.07, 6.45) is 3.04. The van der Waals surface area contributed by atoms with E-state index in [1.54, 1.807) is 20.9 Å². The summed E-state index contributed by atoms with van der Waals surface area (Å²) in [5, 5.41) is 0. The van der Waals surface area contributed by atoms with Crippen LogP contribution in [0, 0.1) is 5.92 Å². The summed E-state index contributed by atoms with van der Waals surface area (Å²) in [6, 6.07) is -0.334. The van der Waals surface area contributed by atoms with Gasteiger partial charge >= 0.3 is 0 Å². The van der Waals surface area contributed by atoms with Gasteiger partial charge in [0.1, 0.15) is 15.9 Å². The standard InChI is InChI=1S/C12H23NO4S/c1-9(8-18(4,15)16)13(3)12(14)10(2)17-7-11-5-6-11/h9-11H,5-8H2,1-4H3. The van der Waals surface area contributed by atoms with Crippen LogP contribution in [-0.4, -0.2) is 57.0 Å². The van der Waals surface area contributed by atoms with Crippen LogP contribution in [0.3, 0.4) is 0 Å². The van der Waals surface area contributed by atoms with Crippen molar-refractivity contribution in [2.75, 3.05) is 25.7 Å². The van der Waals surface area contributed by atoms with E-state index >= 15 is 0 Å². The molecule has 0 aliphatic heterocycles. The molecule has 0 aromatic rings. The summed E-state index contributed by atoms with van der Waals surface area (Å²) in [6.45, 7) is 4.07. The van der Waals surface area contributed by atoms with Gasteiger partial charge in [-0.15, -0.1) is 0 Å². The van der Waals surface area contributed by atoms with Crippen molar-refractivity contribution in [2.45, 2.75) is 38.8 Å². The minimum absolute atomic E-state index is 0.0232. The van der Waals surface area contributed by atoms with Gasteiger partial charge in [0.05, 0.1) is 12.4 Å². The Bertz CT molecular complexity index is 389. The van der Waals surface area contributed by atoms with Crippen LogP contribution in [0.4, 0.5) is 0 Å². The molecule has 0 heterocycles. The van der Waals surface area contributed by atoms with Gasteiger partial charge in [0.25, 0.3) is 5.91 Å². The number of hydrogen-bond donors (Lipinski definition) is 0. The van der Waals surface area contributed by atoms with E-state index < -0.39 is 15.9 Å². The third kappa shape index (κ3) is 5.35. The van der Waals surface area contributed by atoms with E-state index in [1.807, 2.05) is 0 Å². The Labute approximate surface area is 109 Å². The molecule has 6 heteroatoms. The monoisotopic (exact) mass is 277 g/mol. The van der Waals surface area contributed by atoms with E-state index in [1.165, 1.54) is 24.0 Å². The second-order valence-electron chi connectivity index (χ2n) is 5.31. The quantitative estimate of drug-likeness (QED) is 0.687. The van der Waals surface area contributed by atoms with Gasteiger partial charge in [-0.05, 0) is 32.6 Å². The van der Waals surface area contributed by atoms with Crippen molar-refractivity contribution in [3.8, 4) is 0 Å². The molecular formula is C12H23NO4S. The zero-order chi connectivity index (χ0) is 13.9. The smallest absolute Gasteiger partial charge is 0.251 e. The van der Waals surface area contributed by atoms with Crippen molar-refractivity contribution in [3.63, 3.8) is 0 Å². The Morgan fingerprint density at radius 2 is 1.94 bits per heavy atom. The minimum Gasteiger partial charge on any atom is -0.368 e. The van der Waals surface area contributed by atoms with Crippen LogP contribution in [-0.2, 0) is 19.4 Å². The third-order valence-corrected chi connectivity index (χ3v) is 4.27. The molecule has 18 heavy (non-hydrogen) atoms. The Kier molecular flexibility index (Phi) is 5.16. The topological polar surface area (TPSA) is 63.7 Å². The van der Waals surface area contributed by atoms with Crippen LogP contribution in [0.15, 0.2) is 0 Å². The van der Waals surface area contributed by atoms with Crippen LogP contribution in [0.1, 0.15) is 26.7 Å². The Hall–Kier alpha value is -0.620. The Morgan fingerprint density at radius 1 is 1.39 bits per heavy atom. The van der Waals surface area contributed by atoms with E-state index in [4.69, 9.17) is 4.74 Å². The van der Waals surface area contributed by atoms with Gasteiger partial charge in [0.2, 0.25) is 0 Å². The molecule has 1 rings (SSSR count). The number of amides is 1. The van der Waals surface area contributed by atoms with Crippen molar-refractivity contribution < 1.29 is 17.9 Å². The summed E-state index contributed by atoms with van der Waals surface area (Å²) < 4.78 is 27.9. The Balaban J connectivity index is 2.42. The van der Waals surface area contributed by atoms with Gasteiger partial charge in [-0.25, -0.2) is 8.42 Å². The fourth-order valence-corrected chi connectivity index (χ4v) is 2.79. The number of rotatable bonds is 7. The lowest BCUT2D eigenvalue weighted by Gasteiger charge is -2.27. The lowest BCUT2D eigenvalue weighted by Crippen LogP contribution is -2.44. The van der Waals surface area contributed by atoms with E-state index in [0.29, 0.717) is 12.5 Å². The molecule has 0 bridgehead atoms. The molecule has 2 atom stereocenters. The van der Waals surface area contributed by atoms with E-state index in [0.717, 1.165) is 0 Å². The zero-order valence-electron chi connectivity index (χ0n) is 11.5. The number of carbonyl (C=O) groups is 1. The summed E-state index contributed by atoms with van der Waals surface area (Å²) in [7, 11) is -1.46. The molecule has 0 aromatic carbocycles. The highest BCUT2D eigenvalue weighted by Crippen LogP contribution is 2.29. The lowest BCUT2D eigenvalue weighted by molar-refractivity contribution is -0.143. The van der Waals surface area contributed by atoms with Crippen molar-refractivity contribution in [1.29, 1.82) is 0 Å². The first-order valence-electron chi connectivity index (χ1n) is 6.26. The summed E-state index contributed by atoms with van der Waals surface area (Å²) in [4.78, 5) is 13.5.